The van der Waals surface area contributed by atoms with E-state index in [2.05, 4.69) is 65.5 Å². The van der Waals surface area contributed by atoms with Gasteiger partial charge in [0, 0.05) is 41.9 Å². The van der Waals surface area contributed by atoms with Crippen molar-refractivity contribution in [3.63, 3.8) is 0 Å². The largest absolute Gasteiger partial charge is 0.463 e. The molecule has 244 valence electrons. The summed E-state index contributed by atoms with van der Waals surface area (Å²) < 4.78 is 11.7. The van der Waals surface area contributed by atoms with Gasteiger partial charge >= 0.3 is 11.9 Å². The number of ether oxygens (including phenoxy) is 2. The van der Waals surface area contributed by atoms with Crippen LogP contribution < -0.4 is 0 Å². The van der Waals surface area contributed by atoms with Crippen molar-refractivity contribution in [1.82, 2.24) is 10.1 Å². The van der Waals surface area contributed by atoms with Gasteiger partial charge in [-0.1, -0.05) is 38.5 Å². The third kappa shape index (κ3) is 10.4. The molecule has 2 saturated carbocycles. The first kappa shape index (κ1) is 35.3. The number of carbonyl (C=O) groups is 2. The molecule has 0 aromatic heterocycles. The van der Waals surface area contributed by atoms with Crippen LogP contribution in [0.25, 0.3) is 0 Å². The first-order chi connectivity index (χ1) is 19.6. The number of esters is 2. The zero-order valence-electron chi connectivity index (χ0n) is 28.3. The molecule has 3 fully saturated rings. The Morgan fingerprint density at radius 3 is 1.81 bits per heavy atom. The monoisotopic (exact) mass is 594 g/mol. The lowest BCUT2D eigenvalue weighted by atomic mass is 9.80. The molecule has 1 heterocycles. The maximum absolute atomic E-state index is 12.8. The van der Waals surface area contributed by atoms with Gasteiger partial charge in [0.25, 0.3) is 0 Å². The lowest BCUT2D eigenvalue weighted by Crippen LogP contribution is -2.63. The Morgan fingerprint density at radius 1 is 0.786 bits per heavy atom. The maximum Gasteiger partial charge on any atom is 0.306 e. The molecule has 0 spiro atoms. The summed E-state index contributed by atoms with van der Waals surface area (Å²) in [5.74, 6) is -0.707. The fraction of sp³-hybridized carbons (Fsp3) is 0.941. The van der Waals surface area contributed by atoms with Crippen LogP contribution in [0.15, 0.2) is 0 Å². The summed E-state index contributed by atoms with van der Waals surface area (Å²) in [5.41, 5.74) is -0.842. The summed E-state index contributed by atoms with van der Waals surface area (Å²) in [6.07, 6.45) is 14.0. The number of hydrogen-bond donors (Lipinski definition) is 0. The molecule has 0 N–H and O–H groups in total. The van der Waals surface area contributed by atoms with Crippen molar-refractivity contribution in [3.8, 4) is 0 Å². The fourth-order valence-electron chi connectivity index (χ4n) is 7.72. The molecule has 1 saturated heterocycles. The Hall–Kier alpha value is -1.22. The molecule has 8 nitrogen and oxygen atoms in total. The van der Waals surface area contributed by atoms with E-state index in [1.165, 1.54) is 38.5 Å². The number of hydroxylamine groups is 4. The third-order valence-electron chi connectivity index (χ3n) is 9.19. The molecule has 1 aliphatic heterocycles. The average molecular weight is 595 g/mol. The van der Waals surface area contributed by atoms with Crippen LogP contribution in [0, 0.1) is 0 Å². The molecule has 0 aromatic carbocycles. The average Bonchev–Trinajstić information content (AvgIpc) is 2.88. The lowest BCUT2D eigenvalue weighted by Gasteiger charge is -2.54. The fourth-order valence-corrected chi connectivity index (χ4v) is 7.72. The van der Waals surface area contributed by atoms with E-state index >= 15 is 0 Å². The van der Waals surface area contributed by atoms with E-state index in [4.69, 9.17) is 19.1 Å². The van der Waals surface area contributed by atoms with Gasteiger partial charge < -0.3 is 9.47 Å². The minimum atomic E-state index is -0.365. The zero-order valence-corrected chi connectivity index (χ0v) is 28.3. The van der Waals surface area contributed by atoms with E-state index in [9.17, 15) is 9.59 Å². The van der Waals surface area contributed by atoms with Gasteiger partial charge in [0.2, 0.25) is 0 Å². The van der Waals surface area contributed by atoms with Gasteiger partial charge in [-0.2, -0.15) is 10.1 Å². The Bertz CT molecular complexity index is 842. The topological polar surface area (TPSA) is 77.5 Å². The number of rotatable bonds is 13. The van der Waals surface area contributed by atoms with E-state index in [0.29, 0.717) is 19.3 Å². The number of hydrogen-bond acceptors (Lipinski definition) is 8. The van der Waals surface area contributed by atoms with Crippen LogP contribution in [0.1, 0.15) is 159 Å². The molecule has 8 heteroatoms. The summed E-state index contributed by atoms with van der Waals surface area (Å²) in [7, 11) is 0. The van der Waals surface area contributed by atoms with E-state index < -0.39 is 0 Å². The van der Waals surface area contributed by atoms with Crippen molar-refractivity contribution in [2.45, 2.75) is 206 Å². The van der Waals surface area contributed by atoms with Crippen molar-refractivity contribution in [2.75, 3.05) is 0 Å². The first-order valence-corrected chi connectivity index (χ1v) is 16.9. The van der Waals surface area contributed by atoms with E-state index in [-0.39, 0.29) is 71.9 Å². The van der Waals surface area contributed by atoms with Gasteiger partial charge in [-0.3, -0.25) is 19.3 Å². The van der Waals surface area contributed by atoms with Gasteiger partial charge in [-0.25, -0.2) is 0 Å². The highest BCUT2D eigenvalue weighted by Crippen LogP contribution is 2.41. The molecule has 0 amide bonds. The van der Waals surface area contributed by atoms with Crippen molar-refractivity contribution >= 4 is 11.9 Å². The molecule has 3 rings (SSSR count). The summed E-state index contributed by atoms with van der Waals surface area (Å²) in [6, 6.07) is 0.209. The SMILES string of the molecule is CC(CC(C)(C)N(OC1CCCCC1)C(C)C)OC(=O)CCC(=O)OC1CC(C)(C)N(OC2CCCCC2)C(C)(C)C1. The number of carbonyl (C=O) groups excluding carboxylic acids is 2. The molecule has 1 atom stereocenters. The predicted molar refractivity (Wildman–Crippen MR) is 165 cm³/mol. The standard InChI is InChI=1S/C34H62N2O6/c1-25(2)35(41-27-16-12-10-13-17-27)32(4,5)22-26(3)39-30(37)20-21-31(38)40-29-23-33(6,7)36(34(8,9)24-29)42-28-18-14-11-15-19-28/h25-29H,10-24H2,1-9H3. The minimum absolute atomic E-state index is 0.0203. The Morgan fingerprint density at radius 2 is 1.29 bits per heavy atom. The minimum Gasteiger partial charge on any atom is -0.463 e. The highest BCUT2D eigenvalue weighted by Gasteiger charge is 2.48. The van der Waals surface area contributed by atoms with Crippen LogP contribution >= 0.6 is 0 Å². The van der Waals surface area contributed by atoms with Gasteiger partial charge in [0.05, 0.1) is 25.0 Å². The van der Waals surface area contributed by atoms with Crippen molar-refractivity contribution in [1.29, 1.82) is 0 Å². The molecule has 1 unspecified atom stereocenters. The molecular formula is C34H62N2O6. The Balaban J connectivity index is 1.44. The van der Waals surface area contributed by atoms with Crippen LogP contribution in [0.2, 0.25) is 0 Å². The smallest absolute Gasteiger partial charge is 0.306 e. The van der Waals surface area contributed by atoms with Crippen LogP contribution in [0.4, 0.5) is 0 Å². The van der Waals surface area contributed by atoms with Crippen molar-refractivity contribution in [3.05, 3.63) is 0 Å². The van der Waals surface area contributed by atoms with Gasteiger partial charge in [-0.15, -0.1) is 0 Å². The highest BCUT2D eigenvalue weighted by molar-refractivity contribution is 5.77. The van der Waals surface area contributed by atoms with Crippen LogP contribution in [0.5, 0.6) is 0 Å². The van der Waals surface area contributed by atoms with E-state index in [1.807, 2.05) is 6.92 Å². The molecule has 0 bridgehead atoms. The Labute approximate surface area is 256 Å². The summed E-state index contributed by atoms with van der Waals surface area (Å²) in [6.45, 7) is 19.2. The zero-order chi connectivity index (χ0) is 31.1. The second kappa shape index (κ2) is 15.2. The number of piperidine rings is 1. The normalized spacial score (nSPS) is 23.7. The highest BCUT2D eigenvalue weighted by atomic mass is 16.7. The maximum atomic E-state index is 12.8. The van der Waals surface area contributed by atoms with Crippen molar-refractivity contribution < 1.29 is 28.7 Å². The van der Waals surface area contributed by atoms with Gasteiger partial charge in [0.15, 0.2) is 0 Å². The molecule has 0 aromatic rings. The van der Waals surface area contributed by atoms with Crippen LogP contribution in [0.3, 0.4) is 0 Å². The second-order valence-corrected chi connectivity index (χ2v) is 15.4. The quantitative estimate of drug-likeness (QED) is 0.159. The lowest BCUT2D eigenvalue weighted by molar-refractivity contribution is -0.318. The van der Waals surface area contributed by atoms with Crippen LogP contribution in [-0.2, 0) is 28.7 Å². The summed E-state index contributed by atoms with van der Waals surface area (Å²) in [4.78, 5) is 38.5. The van der Waals surface area contributed by atoms with Crippen LogP contribution in [-0.4, -0.2) is 69.1 Å². The third-order valence-corrected chi connectivity index (χ3v) is 9.19. The molecule has 2 aliphatic carbocycles. The van der Waals surface area contributed by atoms with E-state index in [1.54, 1.807) is 0 Å². The summed E-state index contributed by atoms with van der Waals surface area (Å²) >= 11 is 0. The second-order valence-electron chi connectivity index (χ2n) is 15.4. The van der Waals surface area contributed by atoms with Crippen molar-refractivity contribution in [2.24, 2.45) is 0 Å². The summed E-state index contributed by atoms with van der Waals surface area (Å²) in [5, 5.41) is 4.26. The first-order valence-electron chi connectivity index (χ1n) is 16.9. The number of nitrogens with zero attached hydrogens (tertiary/aromatic N) is 2. The molecule has 0 radical (unpaired) electrons. The van der Waals surface area contributed by atoms with E-state index in [0.717, 1.165) is 25.7 Å². The predicted octanol–water partition coefficient (Wildman–Crippen LogP) is 7.67. The molecule has 42 heavy (non-hydrogen) atoms. The molecular weight excluding hydrogens is 532 g/mol. The Kier molecular flexibility index (Phi) is 12.7. The van der Waals surface area contributed by atoms with Gasteiger partial charge in [0.1, 0.15) is 12.2 Å². The molecule has 3 aliphatic rings. The van der Waals surface area contributed by atoms with Gasteiger partial charge in [-0.05, 0) is 88.0 Å².